The summed E-state index contributed by atoms with van der Waals surface area (Å²) in [6.07, 6.45) is 6.11. The Balaban J connectivity index is 2.12. The maximum absolute atomic E-state index is 9.27. The van der Waals surface area contributed by atoms with Crippen LogP contribution < -0.4 is 0 Å². The molecule has 2 rings (SSSR count). The van der Waals surface area contributed by atoms with Crippen molar-refractivity contribution in [2.24, 2.45) is 11.3 Å². The van der Waals surface area contributed by atoms with Crippen LogP contribution in [0.25, 0.3) is 0 Å². The molecular formula is C11H14N2S. The molecule has 1 aromatic heterocycles. The quantitative estimate of drug-likeness (QED) is 0.745. The molecule has 1 aliphatic rings. The van der Waals surface area contributed by atoms with Gasteiger partial charge in [-0.25, -0.2) is 0 Å². The summed E-state index contributed by atoms with van der Waals surface area (Å²) in [6, 6.07) is 2.52. The lowest BCUT2D eigenvalue weighted by Crippen LogP contribution is -2.17. The van der Waals surface area contributed by atoms with Crippen molar-refractivity contribution < 1.29 is 0 Å². The predicted molar refractivity (Wildman–Crippen MR) is 56.9 cm³/mol. The number of hydrogen-bond donors (Lipinski definition) is 0. The van der Waals surface area contributed by atoms with E-state index in [0.717, 1.165) is 19.3 Å². The molecule has 74 valence electrons. The highest BCUT2D eigenvalue weighted by atomic mass is 32.1. The van der Waals surface area contributed by atoms with Crippen molar-refractivity contribution in [1.29, 1.82) is 5.26 Å². The van der Waals surface area contributed by atoms with Crippen LogP contribution in [0.5, 0.6) is 0 Å². The number of nitriles is 1. The van der Waals surface area contributed by atoms with Gasteiger partial charge < -0.3 is 0 Å². The molecule has 0 amide bonds. The molecule has 0 N–H and O–H groups in total. The van der Waals surface area contributed by atoms with Crippen molar-refractivity contribution in [3.05, 3.63) is 16.6 Å². The summed E-state index contributed by atoms with van der Waals surface area (Å²) in [4.78, 5) is 5.31. The first-order chi connectivity index (χ1) is 6.74. The Morgan fingerprint density at radius 2 is 2.64 bits per heavy atom. The van der Waals surface area contributed by atoms with E-state index in [2.05, 4.69) is 18.0 Å². The summed E-state index contributed by atoms with van der Waals surface area (Å²) in [5, 5.41) is 9.27. The second kappa shape index (κ2) is 3.70. The van der Waals surface area contributed by atoms with Crippen LogP contribution in [0.1, 0.15) is 31.1 Å². The first-order valence-corrected chi connectivity index (χ1v) is 5.91. The minimum absolute atomic E-state index is 0.0913. The minimum Gasteiger partial charge on any atom is -0.253 e. The highest BCUT2D eigenvalue weighted by Crippen LogP contribution is 2.43. The van der Waals surface area contributed by atoms with Crippen molar-refractivity contribution in [2.75, 3.05) is 0 Å². The van der Waals surface area contributed by atoms with Crippen LogP contribution in [-0.2, 0) is 6.42 Å². The zero-order valence-electron chi connectivity index (χ0n) is 8.36. The van der Waals surface area contributed by atoms with Crippen LogP contribution in [0.4, 0.5) is 0 Å². The average Bonchev–Trinajstić information content (AvgIpc) is 2.77. The van der Waals surface area contributed by atoms with Crippen LogP contribution >= 0.6 is 11.3 Å². The van der Waals surface area contributed by atoms with E-state index < -0.39 is 0 Å². The van der Waals surface area contributed by atoms with Gasteiger partial charge in [-0.2, -0.15) is 5.26 Å². The maximum atomic E-state index is 9.27. The second-order valence-corrected chi connectivity index (χ2v) is 5.36. The molecule has 14 heavy (non-hydrogen) atoms. The van der Waals surface area contributed by atoms with Crippen LogP contribution in [0, 0.1) is 22.7 Å². The molecule has 0 radical (unpaired) electrons. The Kier molecular flexibility index (Phi) is 2.56. The molecule has 1 aromatic rings. The number of nitrogens with zero attached hydrogens (tertiary/aromatic N) is 2. The summed E-state index contributed by atoms with van der Waals surface area (Å²) >= 11 is 1.66. The lowest BCUT2D eigenvalue weighted by atomic mass is 9.83. The van der Waals surface area contributed by atoms with Crippen molar-refractivity contribution in [3.8, 4) is 6.07 Å². The molecule has 0 aliphatic heterocycles. The van der Waals surface area contributed by atoms with Crippen molar-refractivity contribution in [3.63, 3.8) is 0 Å². The first-order valence-electron chi connectivity index (χ1n) is 5.03. The van der Waals surface area contributed by atoms with Crippen LogP contribution in [0.15, 0.2) is 11.7 Å². The topological polar surface area (TPSA) is 36.7 Å². The van der Waals surface area contributed by atoms with E-state index in [9.17, 15) is 5.26 Å². The van der Waals surface area contributed by atoms with E-state index in [1.807, 2.05) is 11.7 Å². The number of hydrogen-bond acceptors (Lipinski definition) is 3. The van der Waals surface area contributed by atoms with Crippen molar-refractivity contribution in [1.82, 2.24) is 4.98 Å². The van der Waals surface area contributed by atoms with Gasteiger partial charge in [0.2, 0.25) is 0 Å². The fourth-order valence-electron chi connectivity index (χ4n) is 2.36. The molecule has 0 aromatic carbocycles. The zero-order chi connectivity index (χ0) is 10.0. The lowest BCUT2D eigenvalue weighted by Gasteiger charge is -2.18. The van der Waals surface area contributed by atoms with Gasteiger partial charge in [-0.15, -0.1) is 11.3 Å². The Morgan fingerprint density at radius 3 is 3.14 bits per heavy atom. The smallest absolute Gasteiger partial charge is 0.0794 e. The number of aromatic nitrogens is 1. The fraction of sp³-hybridized carbons (Fsp3) is 0.636. The standard InChI is InChI=1S/C11H14N2S/c1-9-2-3-11(4-9,7-12)5-10-6-13-8-14-10/h6,8-9H,2-5H2,1H3. The van der Waals surface area contributed by atoms with E-state index in [1.54, 1.807) is 11.3 Å². The highest BCUT2D eigenvalue weighted by molar-refractivity contribution is 7.09. The molecule has 0 spiro atoms. The summed E-state index contributed by atoms with van der Waals surface area (Å²) in [6.45, 7) is 2.24. The van der Waals surface area contributed by atoms with Gasteiger partial charge in [-0.1, -0.05) is 6.92 Å². The SMILES string of the molecule is CC1CCC(C#N)(Cc2cncs2)C1. The van der Waals surface area contributed by atoms with E-state index >= 15 is 0 Å². The lowest BCUT2D eigenvalue weighted by molar-refractivity contribution is 0.394. The molecule has 0 bridgehead atoms. The molecule has 1 saturated carbocycles. The molecule has 1 heterocycles. The van der Waals surface area contributed by atoms with Crippen LogP contribution in [0.3, 0.4) is 0 Å². The van der Waals surface area contributed by atoms with Gasteiger partial charge in [-0.3, -0.25) is 4.98 Å². The fourth-order valence-corrected chi connectivity index (χ4v) is 3.10. The van der Waals surface area contributed by atoms with E-state index in [1.165, 1.54) is 11.3 Å². The molecule has 2 atom stereocenters. The third-order valence-electron chi connectivity index (χ3n) is 3.09. The summed E-state index contributed by atoms with van der Waals surface area (Å²) in [5.74, 6) is 0.711. The van der Waals surface area contributed by atoms with E-state index in [4.69, 9.17) is 0 Å². The van der Waals surface area contributed by atoms with Gasteiger partial charge in [0.05, 0.1) is 17.0 Å². The molecule has 1 aliphatic carbocycles. The molecular weight excluding hydrogens is 192 g/mol. The van der Waals surface area contributed by atoms with Crippen molar-refractivity contribution >= 4 is 11.3 Å². The Bertz CT molecular complexity index is 339. The van der Waals surface area contributed by atoms with E-state index in [0.29, 0.717) is 5.92 Å². The Hall–Kier alpha value is -0.880. The summed E-state index contributed by atoms with van der Waals surface area (Å²) in [5.41, 5.74) is 1.75. The van der Waals surface area contributed by atoms with Gasteiger partial charge in [0.25, 0.3) is 0 Å². The monoisotopic (exact) mass is 206 g/mol. The Labute approximate surface area is 88.6 Å². The predicted octanol–water partition coefficient (Wildman–Crippen LogP) is 3.02. The molecule has 0 saturated heterocycles. The van der Waals surface area contributed by atoms with E-state index in [-0.39, 0.29) is 5.41 Å². The van der Waals surface area contributed by atoms with Crippen LogP contribution in [-0.4, -0.2) is 4.98 Å². The molecule has 2 nitrogen and oxygen atoms in total. The van der Waals surface area contributed by atoms with Gasteiger partial charge in [0.15, 0.2) is 0 Å². The molecule has 1 fully saturated rings. The van der Waals surface area contributed by atoms with Crippen molar-refractivity contribution in [2.45, 2.75) is 32.6 Å². The van der Waals surface area contributed by atoms with Gasteiger partial charge in [0.1, 0.15) is 0 Å². The molecule has 2 unspecified atom stereocenters. The maximum Gasteiger partial charge on any atom is 0.0794 e. The largest absolute Gasteiger partial charge is 0.253 e. The van der Waals surface area contributed by atoms with Crippen LogP contribution in [0.2, 0.25) is 0 Å². The summed E-state index contributed by atoms with van der Waals surface area (Å²) in [7, 11) is 0. The van der Waals surface area contributed by atoms with Gasteiger partial charge in [0, 0.05) is 17.5 Å². The normalized spacial score (nSPS) is 31.6. The second-order valence-electron chi connectivity index (χ2n) is 4.38. The first kappa shape index (κ1) is 9.67. The highest BCUT2D eigenvalue weighted by Gasteiger charge is 2.37. The Morgan fingerprint density at radius 1 is 1.79 bits per heavy atom. The third-order valence-corrected chi connectivity index (χ3v) is 3.87. The zero-order valence-corrected chi connectivity index (χ0v) is 9.18. The molecule has 3 heteroatoms. The minimum atomic E-state index is -0.0913. The third kappa shape index (κ3) is 1.80. The van der Waals surface area contributed by atoms with Gasteiger partial charge in [-0.05, 0) is 25.2 Å². The number of thiazole rings is 1. The summed E-state index contributed by atoms with van der Waals surface area (Å²) < 4.78 is 0. The van der Waals surface area contributed by atoms with Gasteiger partial charge >= 0.3 is 0 Å². The number of rotatable bonds is 2. The average molecular weight is 206 g/mol.